The molecule has 1 aromatic carbocycles. The van der Waals surface area contributed by atoms with Gasteiger partial charge in [0.25, 0.3) is 5.89 Å². The maximum absolute atomic E-state index is 12.9. The monoisotopic (exact) mass is 495 g/mol. The van der Waals surface area contributed by atoms with Gasteiger partial charge in [-0.3, -0.25) is 13.9 Å². The Morgan fingerprint density at radius 2 is 2.09 bits per heavy atom. The number of benzene rings is 1. The standard InChI is InChI=1S/C23H22ClN7O4/c1-12(22(32)34-4)7-8-31-19-9-14(5-6-18(19)30(3)23(31)33)27-16-10-17(21-26-13(2)29-35-21)28-20(24)15(16)11-25/h5-6,9-10,12H,7-8H2,1-4H3,(H,27,28). The molecule has 3 heterocycles. The van der Waals surface area contributed by atoms with Crippen LogP contribution in [0.5, 0.6) is 0 Å². The Morgan fingerprint density at radius 1 is 1.31 bits per heavy atom. The number of halogens is 1. The number of ether oxygens (including phenoxy) is 1. The number of pyridine rings is 1. The number of nitriles is 1. The Balaban J connectivity index is 1.72. The predicted octanol–water partition coefficient (Wildman–Crippen LogP) is 3.56. The van der Waals surface area contributed by atoms with Crippen LogP contribution >= 0.6 is 11.6 Å². The van der Waals surface area contributed by atoms with Crippen LogP contribution in [0.4, 0.5) is 11.4 Å². The highest BCUT2D eigenvalue weighted by molar-refractivity contribution is 6.31. The first kappa shape index (κ1) is 24.0. The van der Waals surface area contributed by atoms with Gasteiger partial charge in [0.15, 0.2) is 5.82 Å². The summed E-state index contributed by atoms with van der Waals surface area (Å²) in [6.45, 7) is 3.77. The van der Waals surface area contributed by atoms with Crippen molar-refractivity contribution >= 4 is 40.0 Å². The lowest BCUT2D eigenvalue weighted by Gasteiger charge is -2.12. The summed E-state index contributed by atoms with van der Waals surface area (Å²) in [5.74, 6) is -0.0753. The first-order valence-electron chi connectivity index (χ1n) is 10.7. The van der Waals surface area contributed by atoms with Crippen LogP contribution in [0.3, 0.4) is 0 Å². The van der Waals surface area contributed by atoms with Gasteiger partial charge in [-0.05, 0) is 37.6 Å². The molecule has 0 aliphatic carbocycles. The summed E-state index contributed by atoms with van der Waals surface area (Å²) in [5, 5.41) is 16.6. The van der Waals surface area contributed by atoms with Gasteiger partial charge in [0.2, 0.25) is 0 Å². The lowest BCUT2D eigenvalue weighted by atomic mass is 10.1. The van der Waals surface area contributed by atoms with Gasteiger partial charge in [-0.25, -0.2) is 9.78 Å². The van der Waals surface area contributed by atoms with E-state index in [0.29, 0.717) is 41.4 Å². The summed E-state index contributed by atoms with van der Waals surface area (Å²) in [6, 6.07) is 9.03. The zero-order valence-electron chi connectivity index (χ0n) is 19.5. The summed E-state index contributed by atoms with van der Waals surface area (Å²) >= 11 is 6.26. The number of imidazole rings is 1. The van der Waals surface area contributed by atoms with Crippen LogP contribution in [-0.2, 0) is 23.1 Å². The Kier molecular flexibility index (Phi) is 6.57. The molecule has 0 saturated heterocycles. The van der Waals surface area contributed by atoms with Crippen LogP contribution in [0, 0.1) is 24.2 Å². The van der Waals surface area contributed by atoms with Gasteiger partial charge in [-0.2, -0.15) is 10.2 Å². The first-order chi connectivity index (χ1) is 16.7. The lowest BCUT2D eigenvalue weighted by molar-refractivity contribution is -0.145. The molecule has 0 spiro atoms. The zero-order valence-corrected chi connectivity index (χ0v) is 20.3. The van der Waals surface area contributed by atoms with E-state index >= 15 is 0 Å². The molecule has 0 radical (unpaired) electrons. The number of nitrogens with zero attached hydrogens (tertiary/aromatic N) is 6. The van der Waals surface area contributed by atoms with E-state index in [9.17, 15) is 14.9 Å². The number of anilines is 2. The summed E-state index contributed by atoms with van der Waals surface area (Å²) in [6.07, 6.45) is 0.439. The molecule has 11 nitrogen and oxygen atoms in total. The Labute approximate surface area is 204 Å². The quantitative estimate of drug-likeness (QED) is 0.301. The number of nitrogens with one attached hydrogen (secondary N) is 1. The van der Waals surface area contributed by atoms with Crippen molar-refractivity contribution in [1.29, 1.82) is 5.26 Å². The summed E-state index contributed by atoms with van der Waals surface area (Å²) in [5.41, 5.74) is 2.65. The summed E-state index contributed by atoms with van der Waals surface area (Å²) < 4.78 is 13.1. The maximum atomic E-state index is 12.9. The van der Waals surface area contributed by atoms with Crippen molar-refractivity contribution in [2.45, 2.75) is 26.8 Å². The zero-order chi connectivity index (χ0) is 25.3. The highest BCUT2D eigenvalue weighted by Gasteiger charge is 2.19. The van der Waals surface area contributed by atoms with Crippen molar-refractivity contribution < 1.29 is 14.1 Å². The minimum Gasteiger partial charge on any atom is -0.469 e. The molecule has 0 aliphatic rings. The second kappa shape index (κ2) is 9.60. The van der Waals surface area contributed by atoms with Gasteiger partial charge >= 0.3 is 11.7 Å². The third-order valence-electron chi connectivity index (χ3n) is 5.65. The van der Waals surface area contributed by atoms with Gasteiger partial charge in [0.1, 0.15) is 22.5 Å². The average molecular weight is 496 g/mol. The minimum atomic E-state index is -0.354. The van der Waals surface area contributed by atoms with E-state index in [0.717, 1.165) is 5.52 Å². The Morgan fingerprint density at radius 3 is 2.74 bits per heavy atom. The van der Waals surface area contributed by atoms with Crippen molar-refractivity contribution in [2.24, 2.45) is 13.0 Å². The summed E-state index contributed by atoms with van der Waals surface area (Å²) in [7, 11) is 3.03. The molecule has 1 atom stereocenters. The number of esters is 1. The van der Waals surface area contributed by atoms with Crippen LogP contribution in [0.1, 0.15) is 24.7 Å². The number of fused-ring (bicyclic) bond motifs is 1. The summed E-state index contributed by atoms with van der Waals surface area (Å²) in [4.78, 5) is 33.0. The molecular formula is C23H22ClN7O4. The highest BCUT2D eigenvalue weighted by Crippen LogP contribution is 2.31. The van der Waals surface area contributed by atoms with Gasteiger partial charge in [-0.15, -0.1) is 0 Å². The fourth-order valence-electron chi connectivity index (χ4n) is 3.73. The second-order valence-electron chi connectivity index (χ2n) is 8.01. The maximum Gasteiger partial charge on any atom is 0.328 e. The highest BCUT2D eigenvalue weighted by atomic mass is 35.5. The molecule has 0 fully saturated rings. The molecule has 3 aromatic heterocycles. The van der Waals surface area contributed by atoms with Crippen molar-refractivity contribution in [3.05, 3.63) is 51.3 Å². The van der Waals surface area contributed by atoms with E-state index < -0.39 is 0 Å². The number of aromatic nitrogens is 5. The van der Waals surface area contributed by atoms with Crippen molar-refractivity contribution in [3.8, 4) is 17.7 Å². The predicted molar refractivity (Wildman–Crippen MR) is 128 cm³/mol. The number of methoxy groups -OCH3 is 1. The third kappa shape index (κ3) is 4.61. The number of aryl methyl sites for hydroxylation is 3. The first-order valence-corrected chi connectivity index (χ1v) is 11.1. The van der Waals surface area contributed by atoms with Crippen molar-refractivity contribution in [3.63, 3.8) is 0 Å². The second-order valence-corrected chi connectivity index (χ2v) is 8.37. The number of carbonyl (C=O) groups is 1. The average Bonchev–Trinajstić information content (AvgIpc) is 3.38. The largest absolute Gasteiger partial charge is 0.469 e. The van der Waals surface area contributed by atoms with Gasteiger partial charge < -0.3 is 14.6 Å². The molecule has 4 rings (SSSR count). The van der Waals surface area contributed by atoms with Gasteiger partial charge in [0.05, 0.1) is 29.7 Å². The Bertz CT molecular complexity index is 1530. The van der Waals surface area contributed by atoms with Gasteiger partial charge in [-0.1, -0.05) is 23.7 Å². The molecule has 35 heavy (non-hydrogen) atoms. The normalized spacial score (nSPS) is 11.9. The lowest BCUT2D eigenvalue weighted by Crippen LogP contribution is -2.24. The van der Waals surface area contributed by atoms with Crippen LogP contribution in [0.15, 0.2) is 33.6 Å². The molecule has 0 bridgehead atoms. The number of carbonyl (C=O) groups excluding carboxylic acids is 1. The van der Waals surface area contributed by atoms with Crippen LogP contribution in [0.25, 0.3) is 22.6 Å². The van der Waals surface area contributed by atoms with E-state index in [1.807, 2.05) is 0 Å². The Hall–Kier alpha value is -4.17. The van der Waals surface area contributed by atoms with E-state index in [1.165, 1.54) is 7.11 Å². The van der Waals surface area contributed by atoms with E-state index in [2.05, 4.69) is 26.5 Å². The van der Waals surface area contributed by atoms with Gasteiger partial charge in [0, 0.05) is 19.3 Å². The molecule has 12 heteroatoms. The van der Waals surface area contributed by atoms with Crippen LogP contribution in [-0.4, -0.2) is 37.3 Å². The minimum absolute atomic E-state index is 0.0159. The molecule has 0 aliphatic heterocycles. The topological polar surface area (TPSA) is 141 Å². The molecular weight excluding hydrogens is 474 g/mol. The van der Waals surface area contributed by atoms with E-state index in [-0.39, 0.29) is 34.2 Å². The van der Waals surface area contributed by atoms with Crippen molar-refractivity contribution in [2.75, 3.05) is 12.4 Å². The SMILES string of the molecule is COC(=O)C(C)CCn1c(=O)n(C)c2ccc(Nc3cc(-c4nc(C)no4)nc(Cl)c3C#N)cc21. The molecule has 1 unspecified atom stereocenters. The van der Waals surface area contributed by atoms with Crippen LogP contribution in [0.2, 0.25) is 5.15 Å². The third-order valence-corrected chi connectivity index (χ3v) is 5.92. The fourth-order valence-corrected chi connectivity index (χ4v) is 3.97. The molecule has 0 saturated carbocycles. The fraction of sp³-hybridized carbons (Fsp3) is 0.304. The van der Waals surface area contributed by atoms with Crippen molar-refractivity contribution in [1.82, 2.24) is 24.3 Å². The van der Waals surface area contributed by atoms with E-state index in [1.54, 1.807) is 54.3 Å². The number of hydrogen-bond acceptors (Lipinski definition) is 9. The number of rotatable bonds is 7. The van der Waals surface area contributed by atoms with E-state index in [4.69, 9.17) is 20.9 Å². The molecule has 1 N–H and O–H groups in total. The smallest absolute Gasteiger partial charge is 0.328 e. The molecule has 0 amide bonds. The molecule has 180 valence electrons. The molecule has 4 aromatic rings. The van der Waals surface area contributed by atoms with Crippen LogP contribution < -0.4 is 11.0 Å². The number of hydrogen-bond donors (Lipinski definition) is 1.